The average molecular weight is 383 g/mol. The number of aliphatic imine (C=N–C) groups is 1. The maximum absolute atomic E-state index is 5.98. The van der Waals surface area contributed by atoms with Crippen LogP contribution in [0.2, 0.25) is 0 Å². The predicted octanol–water partition coefficient (Wildman–Crippen LogP) is 2.26. The monoisotopic (exact) mass is 382 g/mol. The summed E-state index contributed by atoms with van der Waals surface area (Å²) in [6.45, 7) is 11.8. The molecule has 0 atom stereocenters. The summed E-state index contributed by atoms with van der Waals surface area (Å²) in [5.41, 5.74) is 2.32. The number of piperazine rings is 1. The quantitative estimate of drug-likeness (QED) is 0.470. The number of anilines is 1. The Hall–Kier alpha value is -2.83. The first-order valence-corrected chi connectivity index (χ1v) is 9.93. The zero-order chi connectivity index (χ0) is 19.8. The van der Waals surface area contributed by atoms with Gasteiger partial charge in [0.1, 0.15) is 12.4 Å². The van der Waals surface area contributed by atoms with Gasteiger partial charge in [0, 0.05) is 45.1 Å². The Balaban J connectivity index is 1.53. The number of hydrogen-bond acceptors (Lipinski definition) is 5. The van der Waals surface area contributed by atoms with Gasteiger partial charge in [-0.25, -0.2) is 15.0 Å². The number of guanidine groups is 1. The highest BCUT2D eigenvalue weighted by atomic mass is 16.5. The zero-order valence-corrected chi connectivity index (χ0v) is 17.1. The fourth-order valence-corrected chi connectivity index (χ4v) is 3.32. The first-order chi connectivity index (χ1) is 13.7. The molecule has 0 saturated carbocycles. The minimum atomic E-state index is 0.568. The second kappa shape index (κ2) is 9.92. The smallest absolute Gasteiger partial charge is 0.225 e. The van der Waals surface area contributed by atoms with Crippen LogP contribution in [0.25, 0.3) is 0 Å². The molecule has 28 heavy (non-hydrogen) atoms. The summed E-state index contributed by atoms with van der Waals surface area (Å²) in [7, 11) is 0. The second-order valence-corrected chi connectivity index (χ2v) is 6.83. The maximum atomic E-state index is 5.98. The first kappa shape index (κ1) is 19.9. The molecule has 2 aromatic rings. The lowest BCUT2D eigenvalue weighted by Crippen LogP contribution is -2.53. The number of nitrogens with zero attached hydrogens (tertiary/aromatic N) is 5. The number of ether oxygens (including phenoxy) is 1. The van der Waals surface area contributed by atoms with E-state index in [1.165, 1.54) is 0 Å². The molecule has 1 fully saturated rings. The molecule has 150 valence electrons. The van der Waals surface area contributed by atoms with E-state index in [4.69, 9.17) is 9.73 Å². The fourth-order valence-electron chi connectivity index (χ4n) is 3.32. The van der Waals surface area contributed by atoms with Gasteiger partial charge in [0.05, 0.1) is 6.54 Å². The molecule has 1 aromatic carbocycles. The van der Waals surface area contributed by atoms with E-state index < -0.39 is 0 Å². The largest absolute Gasteiger partial charge is 0.491 e. The molecule has 1 saturated heterocycles. The topological polar surface area (TPSA) is 65.9 Å². The highest BCUT2D eigenvalue weighted by Gasteiger charge is 2.20. The summed E-state index contributed by atoms with van der Waals surface area (Å²) in [5.74, 6) is 2.71. The summed E-state index contributed by atoms with van der Waals surface area (Å²) >= 11 is 0. The van der Waals surface area contributed by atoms with Crippen LogP contribution >= 0.6 is 0 Å². The van der Waals surface area contributed by atoms with E-state index in [2.05, 4.69) is 64.1 Å². The van der Waals surface area contributed by atoms with Crippen LogP contribution in [0.5, 0.6) is 5.75 Å². The SMILES string of the molecule is CCNC(=NCCOc1c(C)cccc1C)N1CCN(c2ncccn2)CC1. The number of nitrogens with one attached hydrogen (secondary N) is 1. The minimum Gasteiger partial charge on any atom is -0.491 e. The standard InChI is InChI=1S/C21H30N6O/c1-4-22-20(25-11-16-28-19-17(2)7-5-8-18(19)3)26-12-14-27(15-13-26)21-23-9-6-10-24-21/h5-10H,4,11-16H2,1-3H3,(H,22,25). The van der Waals surface area contributed by atoms with Crippen molar-refractivity contribution in [2.45, 2.75) is 20.8 Å². The molecule has 1 aliphatic rings. The third-order valence-corrected chi connectivity index (χ3v) is 4.76. The molecule has 1 aromatic heterocycles. The van der Waals surface area contributed by atoms with Gasteiger partial charge in [-0.15, -0.1) is 0 Å². The van der Waals surface area contributed by atoms with Crippen molar-refractivity contribution >= 4 is 11.9 Å². The van der Waals surface area contributed by atoms with Crippen LogP contribution in [-0.4, -0.2) is 66.7 Å². The van der Waals surface area contributed by atoms with Crippen LogP contribution in [0.1, 0.15) is 18.1 Å². The Morgan fingerprint density at radius 2 is 1.75 bits per heavy atom. The van der Waals surface area contributed by atoms with Crippen LogP contribution in [0.4, 0.5) is 5.95 Å². The van der Waals surface area contributed by atoms with E-state index in [0.29, 0.717) is 13.2 Å². The van der Waals surface area contributed by atoms with Crippen molar-refractivity contribution in [2.24, 2.45) is 4.99 Å². The Kier molecular flexibility index (Phi) is 7.06. The molecular weight excluding hydrogens is 352 g/mol. The van der Waals surface area contributed by atoms with Crippen molar-refractivity contribution in [3.63, 3.8) is 0 Å². The van der Waals surface area contributed by atoms with Crippen LogP contribution in [-0.2, 0) is 0 Å². The van der Waals surface area contributed by atoms with Gasteiger partial charge in [-0.1, -0.05) is 18.2 Å². The van der Waals surface area contributed by atoms with Crippen LogP contribution in [0.15, 0.2) is 41.7 Å². The summed E-state index contributed by atoms with van der Waals surface area (Å²) in [6, 6.07) is 8.05. The van der Waals surface area contributed by atoms with Crippen LogP contribution < -0.4 is 15.0 Å². The van der Waals surface area contributed by atoms with E-state index in [1.807, 2.05) is 6.07 Å². The lowest BCUT2D eigenvalue weighted by molar-refractivity contribution is 0.321. The van der Waals surface area contributed by atoms with E-state index >= 15 is 0 Å². The van der Waals surface area contributed by atoms with Gasteiger partial charge in [0.25, 0.3) is 0 Å². The molecule has 7 heteroatoms. The average Bonchev–Trinajstić information content (AvgIpc) is 2.73. The molecule has 1 aliphatic heterocycles. The third-order valence-electron chi connectivity index (χ3n) is 4.76. The highest BCUT2D eigenvalue weighted by molar-refractivity contribution is 5.80. The molecule has 0 aliphatic carbocycles. The van der Waals surface area contributed by atoms with Gasteiger partial charge < -0.3 is 19.9 Å². The normalized spacial score (nSPS) is 14.9. The van der Waals surface area contributed by atoms with Crippen LogP contribution in [0.3, 0.4) is 0 Å². The lowest BCUT2D eigenvalue weighted by atomic mass is 10.1. The van der Waals surface area contributed by atoms with E-state index in [0.717, 1.165) is 61.5 Å². The van der Waals surface area contributed by atoms with Crippen molar-refractivity contribution in [3.05, 3.63) is 47.8 Å². The molecule has 0 spiro atoms. The van der Waals surface area contributed by atoms with Gasteiger partial charge in [-0.2, -0.15) is 0 Å². The predicted molar refractivity (Wildman–Crippen MR) is 113 cm³/mol. The highest BCUT2D eigenvalue weighted by Crippen LogP contribution is 2.22. The Labute approximate surface area is 167 Å². The number of benzene rings is 1. The Morgan fingerprint density at radius 1 is 1.07 bits per heavy atom. The molecular formula is C21H30N6O. The molecule has 0 unspecified atom stereocenters. The van der Waals surface area contributed by atoms with Gasteiger partial charge in [0.15, 0.2) is 5.96 Å². The number of aromatic nitrogens is 2. The summed E-state index contributed by atoms with van der Waals surface area (Å²) < 4.78 is 5.98. The number of aryl methyl sites for hydroxylation is 2. The minimum absolute atomic E-state index is 0.568. The summed E-state index contributed by atoms with van der Waals surface area (Å²) in [6.07, 6.45) is 3.58. The van der Waals surface area contributed by atoms with E-state index in [1.54, 1.807) is 12.4 Å². The molecule has 0 amide bonds. The lowest BCUT2D eigenvalue weighted by Gasteiger charge is -2.36. The van der Waals surface area contributed by atoms with Crippen molar-refractivity contribution in [1.82, 2.24) is 20.2 Å². The van der Waals surface area contributed by atoms with Gasteiger partial charge in [0.2, 0.25) is 5.95 Å². The van der Waals surface area contributed by atoms with E-state index in [-0.39, 0.29) is 0 Å². The molecule has 0 bridgehead atoms. The molecule has 0 radical (unpaired) electrons. The van der Waals surface area contributed by atoms with Gasteiger partial charge >= 0.3 is 0 Å². The maximum Gasteiger partial charge on any atom is 0.225 e. The van der Waals surface area contributed by atoms with Crippen LogP contribution in [0, 0.1) is 13.8 Å². The third kappa shape index (κ3) is 5.12. The summed E-state index contributed by atoms with van der Waals surface area (Å²) in [4.78, 5) is 18.0. The second-order valence-electron chi connectivity index (χ2n) is 6.83. The number of rotatable bonds is 6. The molecule has 1 N–H and O–H groups in total. The molecule has 7 nitrogen and oxygen atoms in total. The fraction of sp³-hybridized carbons (Fsp3) is 0.476. The Bertz CT molecular complexity index is 751. The number of para-hydroxylation sites is 1. The van der Waals surface area contributed by atoms with Gasteiger partial charge in [-0.3, -0.25) is 0 Å². The molecule has 3 rings (SSSR count). The van der Waals surface area contributed by atoms with Crippen molar-refractivity contribution < 1.29 is 4.74 Å². The van der Waals surface area contributed by atoms with Crippen molar-refractivity contribution in [1.29, 1.82) is 0 Å². The van der Waals surface area contributed by atoms with Crippen molar-refractivity contribution in [2.75, 3.05) is 50.8 Å². The van der Waals surface area contributed by atoms with Crippen molar-refractivity contribution in [3.8, 4) is 5.75 Å². The van der Waals surface area contributed by atoms with E-state index in [9.17, 15) is 0 Å². The Morgan fingerprint density at radius 3 is 2.39 bits per heavy atom. The molecule has 2 heterocycles. The number of hydrogen-bond donors (Lipinski definition) is 1. The first-order valence-electron chi connectivity index (χ1n) is 9.93. The van der Waals surface area contributed by atoms with Gasteiger partial charge in [-0.05, 0) is 38.0 Å². The zero-order valence-electron chi connectivity index (χ0n) is 17.1. The summed E-state index contributed by atoms with van der Waals surface area (Å²) in [5, 5.41) is 3.40.